The summed E-state index contributed by atoms with van der Waals surface area (Å²) in [7, 11) is 0. The minimum atomic E-state index is -3.54. The summed E-state index contributed by atoms with van der Waals surface area (Å²) < 4.78 is 29.8. The van der Waals surface area contributed by atoms with Crippen LogP contribution in [-0.4, -0.2) is 42.8 Å². The Hall–Kier alpha value is -0.750. The monoisotopic (exact) mass is 211 g/mol. The summed E-state index contributed by atoms with van der Waals surface area (Å²) in [5.41, 5.74) is 0. The van der Waals surface area contributed by atoms with Crippen molar-refractivity contribution in [1.82, 2.24) is 5.32 Å². The van der Waals surface area contributed by atoms with Gasteiger partial charge in [0.1, 0.15) is 0 Å². The molecule has 4 nitrogen and oxygen atoms in total. The predicted molar refractivity (Wildman–Crippen MR) is 46.1 cm³/mol. The van der Waals surface area contributed by atoms with E-state index in [1.807, 2.05) is 0 Å². The van der Waals surface area contributed by atoms with Crippen LogP contribution in [0, 0.1) is 0 Å². The van der Waals surface area contributed by atoms with E-state index in [1.54, 1.807) is 0 Å². The average molecular weight is 211 g/mol. The first-order valence-electron chi connectivity index (χ1n) is 4.34. The van der Waals surface area contributed by atoms with E-state index in [0.29, 0.717) is 0 Å². The number of nitrogens with one attached hydrogen (secondary N) is 1. The lowest BCUT2D eigenvalue weighted by Gasteiger charge is -2.15. The normalized spacial score (nSPS) is 13.8. The van der Waals surface area contributed by atoms with Crippen molar-refractivity contribution in [2.24, 2.45) is 0 Å². The molecule has 0 fully saturated rings. The number of hydrogen-bond acceptors (Lipinski definition) is 4. The Morgan fingerprint density at radius 1 is 1.64 bits per heavy atom. The van der Waals surface area contributed by atoms with Gasteiger partial charge in [-0.2, -0.15) is 8.78 Å². The van der Waals surface area contributed by atoms with Gasteiger partial charge in [0.25, 0.3) is 0 Å². The van der Waals surface area contributed by atoms with Crippen LogP contribution < -0.4 is 5.32 Å². The quantitative estimate of drug-likeness (QED) is 0.614. The number of halogens is 2. The van der Waals surface area contributed by atoms with Crippen molar-refractivity contribution in [1.29, 1.82) is 0 Å². The van der Waals surface area contributed by atoms with Gasteiger partial charge in [0.2, 0.25) is 0 Å². The Balaban J connectivity index is 3.87. The van der Waals surface area contributed by atoms with E-state index in [-0.39, 0.29) is 13.2 Å². The van der Waals surface area contributed by atoms with E-state index in [0.717, 1.165) is 0 Å². The molecule has 0 aromatic rings. The number of ether oxygens (including phenoxy) is 1. The molecule has 0 aliphatic carbocycles. The number of aliphatic hydroxyl groups is 1. The van der Waals surface area contributed by atoms with E-state index >= 15 is 0 Å². The summed E-state index contributed by atoms with van der Waals surface area (Å²) in [6.07, 6.45) is -0.729. The maximum atomic E-state index is 12.8. The van der Waals surface area contributed by atoms with Crippen LogP contribution >= 0.6 is 0 Å². The number of carbonyl (C=O) groups excluding carboxylic acids is 1. The van der Waals surface area contributed by atoms with Gasteiger partial charge in [-0.25, -0.2) is 4.79 Å². The van der Waals surface area contributed by atoms with Crippen molar-refractivity contribution >= 4 is 5.97 Å². The summed E-state index contributed by atoms with van der Waals surface area (Å²) in [6, 6.07) is 0. The Bertz CT molecular complexity index is 185. The van der Waals surface area contributed by atoms with Crippen LogP contribution in [0.1, 0.15) is 13.8 Å². The number of aliphatic hydroxyl groups excluding tert-OH is 1. The van der Waals surface area contributed by atoms with Crippen LogP contribution in [0.15, 0.2) is 0 Å². The van der Waals surface area contributed by atoms with Crippen LogP contribution in [0.3, 0.4) is 0 Å². The van der Waals surface area contributed by atoms with E-state index in [9.17, 15) is 13.6 Å². The molecule has 6 heteroatoms. The minimum absolute atomic E-state index is 0.00892. The van der Waals surface area contributed by atoms with Crippen molar-refractivity contribution in [3.05, 3.63) is 0 Å². The third-order valence-electron chi connectivity index (χ3n) is 1.36. The Labute approximate surface area is 81.2 Å². The fourth-order valence-corrected chi connectivity index (χ4v) is 0.747. The molecule has 14 heavy (non-hydrogen) atoms. The maximum absolute atomic E-state index is 12.8. The second-order valence-electron chi connectivity index (χ2n) is 2.90. The Kier molecular flexibility index (Phi) is 5.56. The van der Waals surface area contributed by atoms with Gasteiger partial charge in [-0.3, -0.25) is 0 Å². The zero-order valence-corrected chi connectivity index (χ0v) is 8.22. The standard InChI is InChI=1S/C8H15F2NO3/c1-3-14-7(13)8(9,10)5-11-4-6(2)12/h6,11-12H,3-5H2,1-2H3. The molecular weight excluding hydrogens is 196 g/mol. The molecule has 0 radical (unpaired) electrons. The number of hydrogen-bond donors (Lipinski definition) is 2. The fourth-order valence-electron chi connectivity index (χ4n) is 0.747. The lowest BCUT2D eigenvalue weighted by Crippen LogP contribution is -2.42. The van der Waals surface area contributed by atoms with Crippen molar-refractivity contribution in [3.63, 3.8) is 0 Å². The SMILES string of the molecule is CCOC(=O)C(F)(F)CNCC(C)O. The van der Waals surface area contributed by atoms with Gasteiger partial charge in [-0.1, -0.05) is 0 Å². The zero-order valence-electron chi connectivity index (χ0n) is 8.22. The van der Waals surface area contributed by atoms with Crippen molar-refractivity contribution < 1.29 is 23.4 Å². The van der Waals surface area contributed by atoms with Crippen LogP contribution in [0.25, 0.3) is 0 Å². The molecule has 0 rings (SSSR count). The van der Waals surface area contributed by atoms with E-state index in [4.69, 9.17) is 5.11 Å². The molecular formula is C8H15F2NO3. The number of alkyl halides is 2. The molecule has 0 bridgehead atoms. The third-order valence-corrected chi connectivity index (χ3v) is 1.36. The third kappa shape index (κ3) is 5.08. The van der Waals surface area contributed by atoms with Crippen LogP contribution in [0.2, 0.25) is 0 Å². The van der Waals surface area contributed by atoms with Gasteiger partial charge in [-0.15, -0.1) is 0 Å². The van der Waals surface area contributed by atoms with Gasteiger partial charge in [-0.05, 0) is 13.8 Å². The molecule has 0 spiro atoms. The van der Waals surface area contributed by atoms with Gasteiger partial charge < -0.3 is 15.2 Å². The number of esters is 1. The lowest BCUT2D eigenvalue weighted by atomic mass is 10.3. The van der Waals surface area contributed by atoms with Gasteiger partial charge in [0.15, 0.2) is 0 Å². The highest BCUT2D eigenvalue weighted by molar-refractivity contribution is 5.77. The van der Waals surface area contributed by atoms with Crippen molar-refractivity contribution in [2.45, 2.75) is 25.9 Å². The van der Waals surface area contributed by atoms with Crippen molar-refractivity contribution in [2.75, 3.05) is 19.7 Å². The second-order valence-corrected chi connectivity index (χ2v) is 2.90. The second kappa shape index (κ2) is 5.87. The molecule has 0 heterocycles. The summed E-state index contributed by atoms with van der Waals surface area (Å²) in [5.74, 6) is -5.08. The number of rotatable bonds is 6. The van der Waals surface area contributed by atoms with Gasteiger partial charge >= 0.3 is 11.9 Å². The first kappa shape index (κ1) is 13.2. The highest BCUT2D eigenvalue weighted by Gasteiger charge is 2.39. The molecule has 1 atom stereocenters. The molecule has 84 valence electrons. The highest BCUT2D eigenvalue weighted by atomic mass is 19.3. The van der Waals surface area contributed by atoms with Crippen LogP contribution in [0.4, 0.5) is 8.78 Å². The minimum Gasteiger partial charge on any atom is -0.462 e. The summed E-state index contributed by atoms with van der Waals surface area (Å²) in [6.45, 7) is 2.02. The molecule has 0 aliphatic rings. The van der Waals surface area contributed by atoms with Gasteiger partial charge in [0, 0.05) is 6.54 Å². The van der Waals surface area contributed by atoms with E-state index < -0.39 is 24.5 Å². The molecule has 0 aliphatic heterocycles. The Morgan fingerprint density at radius 3 is 2.64 bits per heavy atom. The lowest BCUT2D eigenvalue weighted by molar-refractivity contribution is -0.170. The molecule has 0 saturated carbocycles. The summed E-state index contributed by atoms with van der Waals surface area (Å²) >= 11 is 0. The first-order chi connectivity index (χ1) is 6.40. The zero-order chi connectivity index (χ0) is 11.2. The highest BCUT2D eigenvalue weighted by Crippen LogP contribution is 2.13. The van der Waals surface area contributed by atoms with Crippen LogP contribution in [-0.2, 0) is 9.53 Å². The Morgan fingerprint density at radius 2 is 2.21 bits per heavy atom. The number of carbonyl (C=O) groups is 1. The molecule has 0 aromatic heterocycles. The fraction of sp³-hybridized carbons (Fsp3) is 0.875. The summed E-state index contributed by atoms with van der Waals surface area (Å²) in [5, 5.41) is 11.0. The van der Waals surface area contributed by atoms with Crippen LogP contribution in [0.5, 0.6) is 0 Å². The molecule has 0 amide bonds. The molecule has 0 aromatic carbocycles. The predicted octanol–water partition coefficient (Wildman–Crippen LogP) is 0.155. The topological polar surface area (TPSA) is 58.6 Å². The van der Waals surface area contributed by atoms with E-state index in [1.165, 1.54) is 13.8 Å². The molecule has 1 unspecified atom stereocenters. The van der Waals surface area contributed by atoms with Crippen molar-refractivity contribution in [3.8, 4) is 0 Å². The molecule has 0 saturated heterocycles. The van der Waals surface area contributed by atoms with E-state index in [2.05, 4.69) is 10.1 Å². The summed E-state index contributed by atoms with van der Waals surface area (Å²) in [4.78, 5) is 10.7. The average Bonchev–Trinajstić information content (AvgIpc) is 2.03. The smallest absolute Gasteiger partial charge is 0.378 e. The largest absolute Gasteiger partial charge is 0.462 e. The maximum Gasteiger partial charge on any atom is 0.378 e. The first-order valence-corrected chi connectivity index (χ1v) is 4.34. The van der Waals surface area contributed by atoms with Gasteiger partial charge in [0.05, 0.1) is 19.3 Å². The molecule has 2 N–H and O–H groups in total.